The number of hydrogen-bond acceptors (Lipinski definition) is 5. The largest absolute Gasteiger partial charge is 0.504 e. The van der Waals surface area contributed by atoms with Crippen molar-refractivity contribution in [3.63, 3.8) is 0 Å². The molecule has 2 aromatic rings. The van der Waals surface area contributed by atoms with Crippen LogP contribution >= 0.6 is 0 Å². The first-order valence-corrected chi connectivity index (χ1v) is 9.80. The zero-order valence-electron chi connectivity index (χ0n) is 16.9. The molecular weight excluding hydrogens is 354 g/mol. The number of aromatic hydroxyl groups is 2. The van der Waals surface area contributed by atoms with Gasteiger partial charge in [0.2, 0.25) is 0 Å². The van der Waals surface area contributed by atoms with Crippen molar-refractivity contribution in [3.8, 4) is 23.0 Å². The second kappa shape index (κ2) is 6.66. The van der Waals surface area contributed by atoms with E-state index in [0.717, 1.165) is 65.3 Å². The molecule has 5 nitrogen and oxygen atoms in total. The Bertz CT molecular complexity index is 960. The van der Waals surface area contributed by atoms with Gasteiger partial charge in [0.05, 0.1) is 19.8 Å². The number of nitrogens with zero attached hydrogens (tertiary/aromatic N) is 1. The summed E-state index contributed by atoms with van der Waals surface area (Å²) in [6, 6.07) is 7.39. The number of phenols is 2. The number of methoxy groups -OCH3 is 2. The van der Waals surface area contributed by atoms with E-state index in [1.165, 1.54) is 0 Å². The highest BCUT2D eigenvalue weighted by atomic mass is 16.5. The molecule has 0 saturated heterocycles. The summed E-state index contributed by atoms with van der Waals surface area (Å²) in [6.45, 7) is 5.25. The number of rotatable bonds is 4. The molecule has 5 heteroatoms. The van der Waals surface area contributed by atoms with E-state index in [9.17, 15) is 10.2 Å². The lowest BCUT2D eigenvalue weighted by atomic mass is 9.74. The maximum Gasteiger partial charge on any atom is 0.166 e. The molecule has 148 valence electrons. The minimum absolute atomic E-state index is 0.0624. The fourth-order valence-electron chi connectivity index (χ4n) is 4.97. The van der Waals surface area contributed by atoms with Gasteiger partial charge < -0.3 is 24.6 Å². The molecule has 0 unspecified atom stereocenters. The van der Waals surface area contributed by atoms with Gasteiger partial charge in [-0.2, -0.15) is 0 Å². The Hall–Kier alpha value is -2.82. The first-order chi connectivity index (χ1) is 13.5. The van der Waals surface area contributed by atoms with Crippen LogP contribution in [-0.2, 0) is 12.0 Å². The van der Waals surface area contributed by atoms with Gasteiger partial charge in [0.15, 0.2) is 23.0 Å². The third-order valence-electron chi connectivity index (χ3n) is 6.39. The van der Waals surface area contributed by atoms with Crippen molar-refractivity contribution in [1.29, 1.82) is 0 Å². The lowest BCUT2D eigenvalue weighted by Crippen LogP contribution is -2.49. The molecule has 0 bridgehead atoms. The van der Waals surface area contributed by atoms with Gasteiger partial charge in [0.25, 0.3) is 0 Å². The zero-order valence-corrected chi connectivity index (χ0v) is 16.9. The molecular formula is C23H27NO4. The Morgan fingerprint density at radius 2 is 1.75 bits per heavy atom. The molecule has 0 spiro atoms. The number of benzene rings is 2. The standard InChI is InChI=1S/C23H27NO4/c1-5-23(6-2)21-15(7-8-20(27-3)22(21)28-4)11-17-16-13-19(26)18(25)12-14(16)9-10-24(17)23/h7-8,11-13,25-26H,5-6,9-10H2,1-4H3. The second-order valence-corrected chi connectivity index (χ2v) is 7.43. The summed E-state index contributed by atoms with van der Waals surface area (Å²) in [5, 5.41) is 20.1. The normalized spacial score (nSPS) is 16.6. The molecule has 0 aliphatic carbocycles. The summed E-state index contributed by atoms with van der Waals surface area (Å²) >= 11 is 0. The minimum Gasteiger partial charge on any atom is -0.504 e. The molecule has 28 heavy (non-hydrogen) atoms. The fraction of sp³-hybridized carbons (Fsp3) is 0.391. The number of hydrogen-bond donors (Lipinski definition) is 2. The molecule has 0 atom stereocenters. The Kier molecular flexibility index (Phi) is 4.41. The van der Waals surface area contributed by atoms with E-state index >= 15 is 0 Å². The van der Waals surface area contributed by atoms with Gasteiger partial charge in [-0.05, 0) is 54.7 Å². The number of fused-ring (bicyclic) bond motifs is 4. The van der Waals surface area contributed by atoms with Gasteiger partial charge in [-0.1, -0.05) is 19.9 Å². The summed E-state index contributed by atoms with van der Waals surface area (Å²) < 4.78 is 11.4. The van der Waals surface area contributed by atoms with Crippen LogP contribution in [0.25, 0.3) is 11.8 Å². The van der Waals surface area contributed by atoms with Gasteiger partial charge in [-0.3, -0.25) is 0 Å². The van der Waals surface area contributed by atoms with Gasteiger partial charge in [-0.15, -0.1) is 0 Å². The molecule has 0 aromatic heterocycles. The lowest BCUT2D eigenvalue weighted by Gasteiger charge is -2.52. The van der Waals surface area contributed by atoms with Crippen molar-refractivity contribution < 1.29 is 19.7 Å². The van der Waals surface area contributed by atoms with Crippen LogP contribution in [0.15, 0.2) is 24.3 Å². The van der Waals surface area contributed by atoms with Crippen LogP contribution in [0.1, 0.15) is 48.9 Å². The monoisotopic (exact) mass is 381 g/mol. The molecule has 0 saturated carbocycles. The van der Waals surface area contributed by atoms with Crippen molar-refractivity contribution in [2.75, 3.05) is 20.8 Å². The Balaban J connectivity index is 2.03. The molecule has 2 aliphatic heterocycles. The maximum atomic E-state index is 10.1. The SMILES string of the molecule is CCC1(CC)c2c(ccc(OC)c2OC)C=C2c3cc(O)c(O)cc3CCN21. The molecule has 2 aromatic carbocycles. The molecule has 0 radical (unpaired) electrons. The van der Waals surface area contributed by atoms with E-state index in [-0.39, 0.29) is 17.0 Å². The zero-order chi connectivity index (χ0) is 20.1. The Morgan fingerprint density at radius 1 is 1.04 bits per heavy atom. The van der Waals surface area contributed by atoms with E-state index in [0.29, 0.717) is 0 Å². The van der Waals surface area contributed by atoms with Gasteiger partial charge in [0.1, 0.15) is 0 Å². The summed E-state index contributed by atoms with van der Waals surface area (Å²) in [7, 11) is 3.36. The van der Waals surface area contributed by atoms with Gasteiger partial charge >= 0.3 is 0 Å². The van der Waals surface area contributed by atoms with Crippen molar-refractivity contribution >= 4 is 11.8 Å². The molecule has 0 fully saturated rings. The third kappa shape index (κ3) is 2.38. The number of ether oxygens (including phenoxy) is 2. The smallest absolute Gasteiger partial charge is 0.166 e. The van der Waals surface area contributed by atoms with Crippen LogP contribution in [0, 0.1) is 0 Å². The number of phenolic OH excluding ortho intramolecular Hbond substituents is 2. The van der Waals surface area contributed by atoms with E-state index in [2.05, 4.69) is 30.9 Å². The molecule has 2 heterocycles. The van der Waals surface area contributed by atoms with Crippen molar-refractivity contribution in [2.24, 2.45) is 0 Å². The molecule has 0 amide bonds. The summed E-state index contributed by atoms with van der Waals surface area (Å²) in [5.41, 5.74) is 5.16. The van der Waals surface area contributed by atoms with E-state index in [1.54, 1.807) is 26.4 Å². The molecule has 4 rings (SSSR count). The third-order valence-corrected chi connectivity index (χ3v) is 6.39. The minimum atomic E-state index is -0.232. The lowest BCUT2D eigenvalue weighted by molar-refractivity contribution is 0.134. The van der Waals surface area contributed by atoms with Crippen LogP contribution in [0.4, 0.5) is 0 Å². The molecule has 2 N–H and O–H groups in total. The van der Waals surface area contributed by atoms with E-state index in [1.807, 2.05) is 6.07 Å². The van der Waals surface area contributed by atoms with Gasteiger partial charge in [-0.25, -0.2) is 0 Å². The van der Waals surface area contributed by atoms with Gasteiger partial charge in [0, 0.05) is 23.4 Å². The highest BCUT2D eigenvalue weighted by Crippen LogP contribution is 2.54. The van der Waals surface area contributed by atoms with Crippen molar-refractivity contribution in [1.82, 2.24) is 4.90 Å². The summed E-state index contributed by atoms with van der Waals surface area (Å²) in [6.07, 6.45) is 4.80. The van der Waals surface area contributed by atoms with Crippen LogP contribution < -0.4 is 9.47 Å². The van der Waals surface area contributed by atoms with Crippen molar-refractivity contribution in [3.05, 3.63) is 46.5 Å². The van der Waals surface area contributed by atoms with Crippen molar-refractivity contribution in [2.45, 2.75) is 38.6 Å². The average Bonchev–Trinajstić information content (AvgIpc) is 2.72. The summed E-state index contributed by atoms with van der Waals surface area (Å²) in [5.74, 6) is 1.38. The highest BCUT2D eigenvalue weighted by molar-refractivity contribution is 5.88. The molecule has 2 aliphatic rings. The first kappa shape index (κ1) is 18.5. The quantitative estimate of drug-likeness (QED) is 0.764. The average molecular weight is 381 g/mol. The Labute approximate surface area is 165 Å². The van der Waals surface area contributed by atoms with Crippen LogP contribution in [0.5, 0.6) is 23.0 Å². The van der Waals surface area contributed by atoms with E-state index in [4.69, 9.17) is 9.47 Å². The summed E-state index contributed by atoms with van der Waals surface area (Å²) in [4.78, 5) is 2.44. The predicted molar refractivity (Wildman–Crippen MR) is 110 cm³/mol. The Morgan fingerprint density at radius 3 is 2.39 bits per heavy atom. The fourth-order valence-corrected chi connectivity index (χ4v) is 4.97. The maximum absolute atomic E-state index is 10.1. The van der Waals surface area contributed by atoms with Crippen LogP contribution in [0.2, 0.25) is 0 Å². The highest BCUT2D eigenvalue weighted by Gasteiger charge is 2.45. The van der Waals surface area contributed by atoms with Crippen LogP contribution in [0.3, 0.4) is 0 Å². The topological polar surface area (TPSA) is 62.2 Å². The first-order valence-electron chi connectivity index (χ1n) is 9.80. The second-order valence-electron chi connectivity index (χ2n) is 7.43. The van der Waals surface area contributed by atoms with Crippen LogP contribution in [-0.4, -0.2) is 35.9 Å². The van der Waals surface area contributed by atoms with E-state index < -0.39 is 0 Å². The predicted octanol–water partition coefficient (Wildman–Crippen LogP) is 4.50.